The summed E-state index contributed by atoms with van der Waals surface area (Å²) in [5.74, 6) is 0.384. The van der Waals surface area contributed by atoms with Crippen molar-refractivity contribution in [3.8, 4) is 0 Å². The highest BCUT2D eigenvalue weighted by Crippen LogP contribution is 2.19. The topological polar surface area (TPSA) is 27.3 Å². The van der Waals surface area contributed by atoms with Crippen molar-refractivity contribution in [1.82, 2.24) is 10.2 Å². The van der Waals surface area contributed by atoms with Crippen LogP contribution in [0.5, 0.6) is 0 Å². The predicted molar refractivity (Wildman–Crippen MR) is 95.1 cm³/mol. The average molecular weight is 344 g/mol. The molecule has 2 rings (SSSR count). The largest absolute Gasteiger partial charge is 0.362 e. The second-order valence-corrected chi connectivity index (χ2v) is 6.73. The molecule has 0 amide bonds. The number of halogens is 2. The predicted octanol–water partition coefficient (Wildman–Crippen LogP) is 3.89. The number of hydrogen-bond acceptors (Lipinski definition) is 2. The highest BCUT2D eigenvalue weighted by Gasteiger charge is 2.15. The summed E-state index contributed by atoms with van der Waals surface area (Å²) in [5, 5.41) is 6.81. The van der Waals surface area contributed by atoms with Gasteiger partial charge in [-0.3, -0.25) is 0 Å². The van der Waals surface area contributed by atoms with Gasteiger partial charge in [-0.15, -0.1) is 0 Å². The first-order valence-electron chi connectivity index (χ1n) is 7.77. The summed E-state index contributed by atoms with van der Waals surface area (Å²) in [4.78, 5) is 2.52. The molecule has 1 aliphatic heterocycles. The third-order valence-electron chi connectivity index (χ3n) is 3.86. The summed E-state index contributed by atoms with van der Waals surface area (Å²) in [5.41, 5.74) is 0.689. The van der Waals surface area contributed by atoms with Gasteiger partial charge in [0.05, 0.1) is 5.02 Å². The van der Waals surface area contributed by atoms with E-state index in [1.807, 2.05) is 0 Å². The lowest BCUT2D eigenvalue weighted by Crippen LogP contribution is -2.37. The van der Waals surface area contributed by atoms with Gasteiger partial charge in [-0.05, 0) is 68.7 Å². The summed E-state index contributed by atoms with van der Waals surface area (Å²) in [6.45, 7) is 6.66. The van der Waals surface area contributed by atoms with E-state index in [2.05, 4.69) is 22.5 Å². The van der Waals surface area contributed by atoms with Crippen molar-refractivity contribution in [1.29, 1.82) is 0 Å². The number of thiocarbonyl (C=S) groups is 1. The average Bonchev–Trinajstić information content (AvgIpc) is 2.48. The Morgan fingerprint density at radius 1 is 1.50 bits per heavy atom. The van der Waals surface area contributed by atoms with E-state index in [1.165, 1.54) is 38.1 Å². The van der Waals surface area contributed by atoms with Crippen LogP contribution < -0.4 is 10.6 Å². The molecule has 0 radical (unpaired) electrons. The molecule has 122 valence electrons. The van der Waals surface area contributed by atoms with Crippen molar-refractivity contribution >= 4 is 34.6 Å². The van der Waals surface area contributed by atoms with E-state index in [4.69, 9.17) is 23.8 Å². The summed E-state index contributed by atoms with van der Waals surface area (Å²) in [6, 6.07) is 4.47. The summed E-state index contributed by atoms with van der Waals surface area (Å²) in [6.07, 6.45) is 3.71. The van der Waals surface area contributed by atoms with Gasteiger partial charge in [-0.25, -0.2) is 4.39 Å². The van der Waals surface area contributed by atoms with Crippen molar-refractivity contribution < 1.29 is 4.39 Å². The standard InChI is InChI=1S/C16H23ClFN3S/c1-12-4-2-8-21(11-12)9-3-7-19-16(22)20-13-5-6-15(18)14(17)10-13/h5-6,10,12H,2-4,7-9,11H2,1H3,(H2,19,20,22)/t12-/m0/s1. The maximum absolute atomic E-state index is 13.1. The van der Waals surface area contributed by atoms with Gasteiger partial charge < -0.3 is 15.5 Å². The van der Waals surface area contributed by atoms with Crippen molar-refractivity contribution in [2.24, 2.45) is 5.92 Å². The van der Waals surface area contributed by atoms with Crippen molar-refractivity contribution in [3.63, 3.8) is 0 Å². The number of likely N-dealkylation sites (tertiary alicyclic amines) is 1. The number of anilines is 1. The fourth-order valence-electron chi connectivity index (χ4n) is 2.74. The Morgan fingerprint density at radius 2 is 2.32 bits per heavy atom. The normalized spacial score (nSPS) is 19.0. The number of rotatable bonds is 5. The second kappa shape index (κ2) is 8.65. The summed E-state index contributed by atoms with van der Waals surface area (Å²) in [7, 11) is 0. The van der Waals surface area contributed by atoms with Crippen LogP contribution in [0.1, 0.15) is 26.2 Å². The molecule has 0 bridgehead atoms. The van der Waals surface area contributed by atoms with Crippen LogP contribution in [0.15, 0.2) is 18.2 Å². The van der Waals surface area contributed by atoms with E-state index in [-0.39, 0.29) is 5.02 Å². The van der Waals surface area contributed by atoms with Gasteiger partial charge in [-0.2, -0.15) is 0 Å². The molecule has 0 spiro atoms. The van der Waals surface area contributed by atoms with Crippen molar-refractivity contribution in [2.75, 3.05) is 31.5 Å². The first kappa shape index (κ1) is 17.4. The highest BCUT2D eigenvalue weighted by atomic mass is 35.5. The minimum atomic E-state index is -0.429. The molecule has 1 atom stereocenters. The Labute approximate surface area is 142 Å². The molecule has 2 N–H and O–H groups in total. The van der Waals surface area contributed by atoms with Crippen molar-refractivity contribution in [2.45, 2.75) is 26.2 Å². The molecule has 22 heavy (non-hydrogen) atoms. The lowest BCUT2D eigenvalue weighted by molar-refractivity contribution is 0.182. The molecule has 0 saturated carbocycles. The minimum absolute atomic E-state index is 0.0898. The van der Waals surface area contributed by atoms with Crippen LogP contribution in [0, 0.1) is 11.7 Å². The Bertz CT molecular complexity index is 512. The van der Waals surface area contributed by atoms with Crippen LogP contribution in [0.3, 0.4) is 0 Å². The van der Waals surface area contributed by atoms with Gasteiger partial charge >= 0.3 is 0 Å². The summed E-state index contributed by atoms with van der Waals surface area (Å²) >= 11 is 11.0. The lowest BCUT2D eigenvalue weighted by Gasteiger charge is -2.30. The zero-order valence-corrected chi connectivity index (χ0v) is 14.4. The molecule has 3 nitrogen and oxygen atoms in total. The maximum Gasteiger partial charge on any atom is 0.170 e. The summed E-state index contributed by atoms with van der Waals surface area (Å²) < 4.78 is 13.1. The number of hydrogen-bond donors (Lipinski definition) is 2. The third kappa shape index (κ3) is 5.71. The molecule has 6 heteroatoms. The van der Waals surface area contributed by atoms with Crippen molar-refractivity contribution in [3.05, 3.63) is 29.0 Å². The number of piperidine rings is 1. The molecular weight excluding hydrogens is 321 g/mol. The molecule has 0 unspecified atom stereocenters. The van der Waals surface area contributed by atoms with Crippen LogP contribution in [-0.2, 0) is 0 Å². The van der Waals surface area contributed by atoms with Gasteiger partial charge in [0, 0.05) is 18.8 Å². The van der Waals surface area contributed by atoms with Crippen LogP contribution in [0.25, 0.3) is 0 Å². The number of benzene rings is 1. The SMILES string of the molecule is C[C@H]1CCCN(CCCNC(=S)Nc2ccc(F)c(Cl)c2)C1. The molecule has 1 heterocycles. The molecule has 1 aromatic rings. The number of nitrogens with zero attached hydrogens (tertiary/aromatic N) is 1. The third-order valence-corrected chi connectivity index (χ3v) is 4.39. The molecule has 1 aliphatic rings. The Balaban J connectivity index is 1.64. The lowest BCUT2D eigenvalue weighted by atomic mass is 10.0. The van der Waals surface area contributed by atoms with Gasteiger partial charge in [0.15, 0.2) is 5.11 Å². The smallest absolute Gasteiger partial charge is 0.170 e. The quantitative estimate of drug-likeness (QED) is 0.626. The molecule has 0 aromatic heterocycles. The molecule has 1 saturated heterocycles. The van der Waals surface area contributed by atoms with Gasteiger partial charge in [0.25, 0.3) is 0 Å². The molecule has 1 aromatic carbocycles. The molecular formula is C16H23ClFN3S. The van der Waals surface area contributed by atoms with E-state index < -0.39 is 5.82 Å². The first-order chi connectivity index (χ1) is 10.5. The fourth-order valence-corrected chi connectivity index (χ4v) is 3.14. The van der Waals surface area contributed by atoms with Crippen LogP contribution in [-0.4, -0.2) is 36.2 Å². The van der Waals surface area contributed by atoms with Crippen LogP contribution in [0.2, 0.25) is 5.02 Å². The Hall–Kier alpha value is -0.910. The maximum atomic E-state index is 13.1. The zero-order valence-electron chi connectivity index (χ0n) is 12.9. The second-order valence-electron chi connectivity index (χ2n) is 5.91. The highest BCUT2D eigenvalue weighted by molar-refractivity contribution is 7.80. The van der Waals surface area contributed by atoms with E-state index in [9.17, 15) is 4.39 Å². The zero-order chi connectivity index (χ0) is 15.9. The Kier molecular flexibility index (Phi) is 6.86. The number of nitrogens with one attached hydrogen (secondary N) is 2. The van der Waals surface area contributed by atoms with E-state index in [1.54, 1.807) is 6.07 Å². The van der Waals surface area contributed by atoms with E-state index >= 15 is 0 Å². The van der Waals surface area contributed by atoms with Gasteiger partial charge in [-0.1, -0.05) is 18.5 Å². The fraction of sp³-hybridized carbons (Fsp3) is 0.562. The minimum Gasteiger partial charge on any atom is -0.362 e. The van der Waals surface area contributed by atoms with E-state index in [0.717, 1.165) is 25.4 Å². The van der Waals surface area contributed by atoms with Gasteiger partial charge in [0.1, 0.15) is 5.82 Å². The van der Waals surface area contributed by atoms with Crippen LogP contribution >= 0.6 is 23.8 Å². The monoisotopic (exact) mass is 343 g/mol. The first-order valence-corrected chi connectivity index (χ1v) is 8.55. The Morgan fingerprint density at radius 3 is 3.05 bits per heavy atom. The van der Waals surface area contributed by atoms with E-state index in [0.29, 0.717) is 10.8 Å². The van der Waals surface area contributed by atoms with Crippen LogP contribution in [0.4, 0.5) is 10.1 Å². The molecule has 1 fully saturated rings. The van der Waals surface area contributed by atoms with Gasteiger partial charge in [0.2, 0.25) is 0 Å². The molecule has 0 aliphatic carbocycles.